The summed E-state index contributed by atoms with van der Waals surface area (Å²) in [6.45, 7) is 6.51. The molecular weight excluding hydrogens is 217 g/mol. The summed E-state index contributed by atoms with van der Waals surface area (Å²) in [5.74, 6) is -0.754. The maximum atomic E-state index is 10.9. The fraction of sp³-hybridized carbons (Fsp3) is 0.571. The molecule has 0 fully saturated rings. The van der Waals surface area contributed by atoms with E-state index in [2.05, 4.69) is 10.8 Å². The van der Waals surface area contributed by atoms with Crippen LogP contribution in [0.4, 0.5) is 0 Å². The van der Waals surface area contributed by atoms with E-state index >= 15 is 0 Å². The molecule has 0 aromatic rings. The molecule has 0 aliphatic rings. The third kappa shape index (κ3) is 7.52. The minimum Gasteiger partial charge on any atom is -1.00 e. The van der Waals surface area contributed by atoms with Crippen molar-refractivity contribution in [3.8, 4) is 0 Å². The molecule has 0 spiro atoms. The number of carbonyl (C=O) groups is 1. The van der Waals surface area contributed by atoms with Crippen molar-refractivity contribution < 1.29 is 48.4 Å². The Kier molecular flexibility index (Phi) is 8.77. The molecule has 5 nitrogen and oxygen atoms in total. The van der Waals surface area contributed by atoms with Gasteiger partial charge >= 0.3 is 39.9 Å². The molecule has 0 atom stereocenters. The van der Waals surface area contributed by atoms with E-state index in [-0.39, 0.29) is 43.2 Å². The second-order valence-electron chi connectivity index (χ2n) is 2.49. The minimum absolute atomic E-state index is 0. The van der Waals surface area contributed by atoms with Crippen LogP contribution >= 0.6 is 0 Å². The summed E-state index contributed by atoms with van der Waals surface area (Å²) in [7, 11) is -3.95. The van der Waals surface area contributed by atoms with Crippen molar-refractivity contribution in [1.29, 1.82) is 0 Å². The second kappa shape index (κ2) is 7.42. The minimum atomic E-state index is -3.95. The van der Waals surface area contributed by atoms with E-state index in [0.29, 0.717) is 6.42 Å². The van der Waals surface area contributed by atoms with Crippen LogP contribution in [-0.4, -0.2) is 20.9 Å². The van der Waals surface area contributed by atoms with Gasteiger partial charge in [-0.1, -0.05) is 13.5 Å². The molecule has 1 amide bonds. The summed E-state index contributed by atoms with van der Waals surface area (Å²) in [6, 6.07) is 0. The Bertz CT molecular complexity index is 304. The van der Waals surface area contributed by atoms with Crippen LogP contribution < -0.4 is 34.3 Å². The topological polar surface area (TPSA) is 72.5 Å². The summed E-state index contributed by atoms with van der Waals surface area (Å²) in [6.07, 6.45) is 0.558. The number of hydrogen-bond donors (Lipinski definition) is 1. The normalized spacial score (nSPS) is 10.1. The van der Waals surface area contributed by atoms with E-state index in [0.717, 1.165) is 0 Å². The number of rotatable bonds is 5. The zero-order chi connectivity index (χ0) is 10.5. The van der Waals surface area contributed by atoms with Crippen molar-refractivity contribution >= 4 is 16.2 Å². The van der Waals surface area contributed by atoms with Crippen molar-refractivity contribution in [3.05, 3.63) is 12.2 Å². The van der Waals surface area contributed by atoms with Gasteiger partial charge in [0.05, 0.1) is 6.61 Å². The number of hydrogen-bond acceptors (Lipinski definition) is 4. The summed E-state index contributed by atoms with van der Waals surface area (Å²) in [5, 5.41) is 0. The van der Waals surface area contributed by atoms with E-state index < -0.39 is 16.2 Å². The van der Waals surface area contributed by atoms with Crippen LogP contribution in [0.5, 0.6) is 0 Å². The molecule has 0 rings (SSSR count). The first-order valence-electron chi connectivity index (χ1n) is 3.76. The number of nitrogens with one attached hydrogen (secondary N) is 1. The first-order chi connectivity index (χ1) is 5.89. The molecule has 0 aliphatic carbocycles. The molecule has 0 unspecified atom stereocenters. The third-order valence-corrected chi connectivity index (χ3v) is 1.96. The Morgan fingerprint density at radius 1 is 1.57 bits per heavy atom. The van der Waals surface area contributed by atoms with Crippen molar-refractivity contribution in [2.45, 2.75) is 20.3 Å². The Morgan fingerprint density at radius 3 is 2.43 bits per heavy atom. The SMILES string of the molecule is C=C(C)C(=O)NS(=O)(=O)OCCC.[H-].[Na+]. The van der Waals surface area contributed by atoms with Crippen molar-refractivity contribution in [1.82, 2.24) is 4.72 Å². The molecule has 14 heavy (non-hydrogen) atoms. The molecule has 78 valence electrons. The molecule has 1 N–H and O–H groups in total. The monoisotopic (exact) mass is 231 g/mol. The molecule has 0 aromatic carbocycles. The van der Waals surface area contributed by atoms with E-state index in [4.69, 9.17) is 0 Å². The summed E-state index contributed by atoms with van der Waals surface area (Å²) in [4.78, 5) is 10.9. The van der Waals surface area contributed by atoms with Gasteiger partial charge in [-0.3, -0.25) is 8.98 Å². The number of amides is 1. The quantitative estimate of drug-likeness (QED) is 0.418. The first kappa shape index (κ1) is 16.5. The van der Waals surface area contributed by atoms with Crippen molar-refractivity contribution in [2.24, 2.45) is 0 Å². The Labute approximate surface area is 108 Å². The number of carbonyl (C=O) groups excluding carboxylic acids is 1. The standard InChI is InChI=1S/C7H13NO4S.Na.H/c1-4-5-12-13(10,11)8-7(9)6(2)3;;/h2,4-5H2,1,3H3,(H,8,9);;/q;+1;-1. The van der Waals surface area contributed by atoms with Gasteiger partial charge in [-0.2, -0.15) is 8.42 Å². The van der Waals surface area contributed by atoms with Gasteiger partial charge in [0, 0.05) is 5.57 Å². The molecular formula is C7H14NNaO4S. The summed E-state index contributed by atoms with van der Waals surface area (Å²) in [5.41, 5.74) is 0.115. The van der Waals surface area contributed by atoms with E-state index in [1.807, 2.05) is 0 Å². The molecule has 7 heteroatoms. The molecule has 0 heterocycles. The van der Waals surface area contributed by atoms with Gasteiger partial charge in [0.25, 0.3) is 5.91 Å². The van der Waals surface area contributed by atoms with E-state index in [1.54, 1.807) is 11.6 Å². The molecule has 0 saturated heterocycles. The summed E-state index contributed by atoms with van der Waals surface area (Å²) < 4.78 is 27.9. The Balaban J connectivity index is -0.000000720. The van der Waals surface area contributed by atoms with Gasteiger partial charge in [-0.05, 0) is 13.3 Å². The van der Waals surface area contributed by atoms with Gasteiger partial charge in [-0.25, -0.2) is 4.72 Å². The van der Waals surface area contributed by atoms with Crippen LogP contribution in [0, 0.1) is 0 Å². The van der Waals surface area contributed by atoms with Crippen LogP contribution in [0.2, 0.25) is 0 Å². The van der Waals surface area contributed by atoms with Crippen molar-refractivity contribution in [2.75, 3.05) is 6.61 Å². The first-order valence-corrected chi connectivity index (χ1v) is 5.17. The zero-order valence-corrected chi connectivity index (χ0v) is 11.5. The van der Waals surface area contributed by atoms with Gasteiger partial charge in [0.1, 0.15) is 0 Å². The Morgan fingerprint density at radius 2 is 2.07 bits per heavy atom. The van der Waals surface area contributed by atoms with Crippen LogP contribution in [0.25, 0.3) is 0 Å². The van der Waals surface area contributed by atoms with Crippen LogP contribution in [0.3, 0.4) is 0 Å². The zero-order valence-electron chi connectivity index (χ0n) is 9.66. The molecule has 0 bridgehead atoms. The third-order valence-electron chi connectivity index (χ3n) is 1.05. The Hall–Kier alpha value is 0.120. The molecule has 0 saturated carbocycles. The summed E-state index contributed by atoms with van der Waals surface area (Å²) >= 11 is 0. The molecule has 0 aliphatic heterocycles. The smallest absolute Gasteiger partial charge is 1.00 e. The predicted molar refractivity (Wildman–Crippen MR) is 49.2 cm³/mol. The molecule has 0 radical (unpaired) electrons. The van der Waals surface area contributed by atoms with Crippen molar-refractivity contribution in [3.63, 3.8) is 0 Å². The predicted octanol–water partition coefficient (Wildman–Crippen LogP) is -2.53. The average Bonchev–Trinajstić information content (AvgIpc) is 2.00. The second-order valence-corrected chi connectivity index (χ2v) is 3.84. The van der Waals surface area contributed by atoms with Gasteiger partial charge in [-0.15, -0.1) is 0 Å². The fourth-order valence-corrected chi connectivity index (χ4v) is 1.27. The van der Waals surface area contributed by atoms with Gasteiger partial charge in [0.2, 0.25) is 0 Å². The average molecular weight is 231 g/mol. The fourth-order valence-electron chi connectivity index (χ4n) is 0.423. The van der Waals surface area contributed by atoms with Crippen LogP contribution in [0.15, 0.2) is 12.2 Å². The van der Waals surface area contributed by atoms with Crippen LogP contribution in [0.1, 0.15) is 21.7 Å². The maximum Gasteiger partial charge on any atom is 1.00 e. The molecule has 0 aromatic heterocycles. The van der Waals surface area contributed by atoms with Crippen LogP contribution in [-0.2, 0) is 19.3 Å². The largest absolute Gasteiger partial charge is 1.00 e. The van der Waals surface area contributed by atoms with E-state index in [1.165, 1.54) is 6.92 Å². The van der Waals surface area contributed by atoms with Gasteiger partial charge < -0.3 is 1.43 Å². The van der Waals surface area contributed by atoms with Gasteiger partial charge in [0.15, 0.2) is 0 Å². The van der Waals surface area contributed by atoms with E-state index in [9.17, 15) is 13.2 Å². The maximum absolute atomic E-state index is 10.9.